The van der Waals surface area contributed by atoms with Gasteiger partial charge in [0.05, 0.1) is 5.56 Å². The lowest BCUT2D eigenvalue weighted by atomic mass is 10.1. The third-order valence-corrected chi connectivity index (χ3v) is 2.50. The van der Waals surface area contributed by atoms with Crippen LogP contribution in [-0.4, -0.2) is 28.8 Å². The van der Waals surface area contributed by atoms with E-state index < -0.39 is 17.7 Å². The van der Waals surface area contributed by atoms with Crippen LogP contribution < -0.4 is 4.90 Å². The van der Waals surface area contributed by atoms with Crippen molar-refractivity contribution in [2.45, 2.75) is 46.3 Å². The maximum atomic E-state index is 12.2. The first-order chi connectivity index (χ1) is 9.11. The minimum atomic E-state index is -0.995. The van der Waals surface area contributed by atoms with E-state index in [9.17, 15) is 9.59 Å². The van der Waals surface area contributed by atoms with Crippen molar-refractivity contribution < 1.29 is 19.4 Å². The zero-order chi connectivity index (χ0) is 15.5. The fraction of sp³-hybridized carbons (Fsp3) is 0.467. The largest absolute Gasteiger partial charge is 0.478 e. The predicted octanol–water partition coefficient (Wildman–Crippen LogP) is 3.53. The van der Waals surface area contributed by atoms with Crippen molar-refractivity contribution in [3.8, 4) is 0 Å². The monoisotopic (exact) mass is 279 g/mol. The number of benzene rings is 1. The molecule has 0 saturated heterocycles. The molecular weight excluding hydrogens is 258 g/mol. The molecule has 1 aromatic carbocycles. The number of carboxylic acid groups (broad SMARTS) is 1. The van der Waals surface area contributed by atoms with Crippen LogP contribution in [0.15, 0.2) is 24.3 Å². The van der Waals surface area contributed by atoms with Crippen LogP contribution in [0.4, 0.5) is 10.5 Å². The van der Waals surface area contributed by atoms with Crippen molar-refractivity contribution in [1.82, 2.24) is 0 Å². The standard InChI is InChI=1S/C15H21NO4/c1-10(2)16(14(19)20-15(3,4)5)12-8-6-11(7-9-12)13(17)18/h6-10H,1-5H3,(H,17,18). The highest BCUT2D eigenvalue weighted by Gasteiger charge is 2.25. The lowest BCUT2D eigenvalue weighted by Gasteiger charge is -2.30. The van der Waals surface area contributed by atoms with Crippen LogP contribution in [0.3, 0.4) is 0 Å². The highest BCUT2D eigenvalue weighted by molar-refractivity contribution is 5.91. The van der Waals surface area contributed by atoms with Crippen molar-refractivity contribution in [2.24, 2.45) is 0 Å². The number of aromatic carboxylic acids is 1. The summed E-state index contributed by atoms with van der Waals surface area (Å²) in [6.07, 6.45) is -0.449. The summed E-state index contributed by atoms with van der Waals surface area (Å²) in [5, 5.41) is 8.88. The number of hydrogen-bond donors (Lipinski definition) is 1. The van der Waals surface area contributed by atoms with Crippen LogP contribution in [0.25, 0.3) is 0 Å². The molecule has 0 spiro atoms. The van der Waals surface area contributed by atoms with Gasteiger partial charge in [-0.3, -0.25) is 4.90 Å². The number of carbonyl (C=O) groups is 2. The van der Waals surface area contributed by atoms with E-state index in [0.717, 1.165) is 0 Å². The average molecular weight is 279 g/mol. The van der Waals surface area contributed by atoms with Gasteiger partial charge >= 0.3 is 12.1 Å². The maximum absolute atomic E-state index is 12.2. The molecule has 1 aromatic rings. The van der Waals surface area contributed by atoms with Gasteiger partial charge in [0.1, 0.15) is 5.60 Å². The Morgan fingerprint density at radius 3 is 2.00 bits per heavy atom. The molecule has 0 fully saturated rings. The predicted molar refractivity (Wildman–Crippen MR) is 77.3 cm³/mol. The first-order valence-corrected chi connectivity index (χ1v) is 6.47. The number of carboxylic acids is 1. The van der Waals surface area contributed by atoms with Gasteiger partial charge < -0.3 is 9.84 Å². The van der Waals surface area contributed by atoms with Crippen LogP contribution in [0, 0.1) is 0 Å². The van der Waals surface area contributed by atoms with E-state index in [-0.39, 0.29) is 11.6 Å². The van der Waals surface area contributed by atoms with E-state index in [1.54, 1.807) is 32.9 Å². The number of hydrogen-bond acceptors (Lipinski definition) is 3. The van der Waals surface area contributed by atoms with Gasteiger partial charge in [0.15, 0.2) is 0 Å². The first-order valence-electron chi connectivity index (χ1n) is 6.47. The zero-order valence-corrected chi connectivity index (χ0v) is 12.5. The molecule has 1 rings (SSSR count). The molecule has 0 unspecified atom stereocenters. The zero-order valence-electron chi connectivity index (χ0n) is 12.5. The second-order valence-electron chi connectivity index (χ2n) is 5.80. The van der Waals surface area contributed by atoms with Gasteiger partial charge in [-0.25, -0.2) is 9.59 Å². The Morgan fingerprint density at radius 1 is 1.15 bits per heavy atom. The SMILES string of the molecule is CC(C)N(C(=O)OC(C)(C)C)c1ccc(C(=O)O)cc1. The minimum absolute atomic E-state index is 0.0967. The van der Waals surface area contributed by atoms with Gasteiger partial charge in [-0.2, -0.15) is 0 Å². The van der Waals surface area contributed by atoms with E-state index >= 15 is 0 Å². The molecule has 20 heavy (non-hydrogen) atoms. The van der Waals surface area contributed by atoms with Crippen LogP contribution in [0.1, 0.15) is 45.0 Å². The Balaban J connectivity index is 3.02. The van der Waals surface area contributed by atoms with Gasteiger partial charge in [0, 0.05) is 11.7 Å². The summed E-state index contributed by atoms with van der Waals surface area (Å²) in [5.41, 5.74) is 0.214. The Kier molecular flexibility index (Phi) is 4.76. The van der Waals surface area contributed by atoms with Crippen LogP contribution in [0.2, 0.25) is 0 Å². The van der Waals surface area contributed by atoms with Gasteiger partial charge in [0.25, 0.3) is 0 Å². The summed E-state index contributed by atoms with van der Waals surface area (Å²) in [5.74, 6) is -0.995. The van der Waals surface area contributed by atoms with Gasteiger partial charge in [-0.15, -0.1) is 0 Å². The number of carbonyl (C=O) groups excluding carboxylic acids is 1. The van der Waals surface area contributed by atoms with E-state index in [1.165, 1.54) is 17.0 Å². The molecule has 0 radical (unpaired) electrons. The fourth-order valence-corrected chi connectivity index (χ4v) is 1.69. The normalized spacial score (nSPS) is 11.3. The van der Waals surface area contributed by atoms with Gasteiger partial charge in [-0.05, 0) is 58.9 Å². The third kappa shape index (κ3) is 4.26. The molecule has 0 aliphatic heterocycles. The quantitative estimate of drug-likeness (QED) is 0.919. The van der Waals surface area contributed by atoms with Gasteiger partial charge in [0.2, 0.25) is 0 Å². The molecule has 0 aliphatic rings. The number of nitrogens with zero attached hydrogens (tertiary/aromatic N) is 1. The molecule has 0 atom stereocenters. The molecule has 110 valence electrons. The average Bonchev–Trinajstić information content (AvgIpc) is 2.26. The lowest BCUT2D eigenvalue weighted by Crippen LogP contribution is -2.41. The summed E-state index contributed by atoms with van der Waals surface area (Å²) in [7, 11) is 0. The Labute approximate surface area is 119 Å². The molecule has 5 nitrogen and oxygen atoms in total. The van der Waals surface area contributed by atoms with Crippen molar-refractivity contribution in [3.63, 3.8) is 0 Å². The summed E-state index contributed by atoms with van der Waals surface area (Å²) in [4.78, 5) is 24.5. The minimum Gasteiger partial charge on any atom is -0.478 e. The Bertz CT molecular complexity index is 486. The third-order valence-electron chi connectivity index (χ3n) is 2.50. The summed E-state index contributed by atoms with van der Waals surface area (Å²) >= 11 is 0. The molecular formula is C15H21NO4. The highest BCUT2D eigenvalue weighted by atomic mass is 16.6. The summed E-state index contributed by atoms with van der Waals surface area (Å²) in [6, 6.07) is 6.05. The Morgan fingerprint density at radius 2 is 1.65 bits per heavy atom. The molecule has 0 aliphatic carbocycles. The maximum Gasteiger partial charge on any atom is 0.415 e. The second-order valence-corrected chi connectivity index (χ2v) is 5.80. The molecule has 1 N–H and O–H groups in total. The summed E-state index contributed by atoms with van der Waals surface area (Å²) < 4.78 is 5.36. The van der Waals surface area contributed by atoms with Crippen LogP contribution in [-0.2, 0) is 4.74 Å². The van der Waals surface area contributed by atoms with E-state index in [4.69, 9.17) is 9.84 Å². The van der Waals surface area contributed by atoms with Gasteiger partial charge in [-0.1, -0.05) is 0 Å². The topological polar surface area (TPSA) is 66.8 Å². The van der Waals surface area contributed by atoms with Crippen LogP contribution >= 0.6 is 0 Å². The summed E-state index contributed by atoms with van der Waals surface area (Å²) in [6.45, 7) is 9.15. The number of anilines is 1. The van der Waals surface area contributed by atoms with Crippen molar-refractivity contribution in [3.05, 3.63) is 29.8 Å². The smallest absolute Gasteiger partial charge is 0.415 e. The van der Waals surface area contributed by atoms with Crippen molar-refractivity contribution >= 4 is 17.7 Å². The molecule has 0 bridgehead atoms. The van der Waals surface area contributed by atoms with E-state index in [0.29, 0.717) is 5.69 Å². The Hall–Kier alpha value is -2.04. The number of amides is 1. The number of ether oxygens (including phenoxy) is 1. The van der Waals surface area contributed by atoms with E-state index in [1.807, 2.05) is 13.8 Å². The number of rotatable bonds is 3. The molecule has 0 saturated carbocycles. The molecule has 0 heterocycles. The molecule has 1 amide bonds. The molecule has 0 aromatic heterocycles. The highest BCUT2D eigenvalue weighted by Crippen LogP contribution is 2.21. The van der Waals surface area contributed by atoms with Crippen molar-refractivity contribution in [1.29, 1.82) is 0 Å². The second kappa shape index (κ2) is 5.94. The lowest BCUT2D eigenvalue weighted by molar-refractivity contribution is 0.0570. The van der Waals surface area contributed by atoms with Crippen LogP contribution in [0.5, 0.6) is 0 Å². The molecule has 5 heteroatoms. The fourth-order valence-electron chi connectivity index (χ4n) is 1.69. The first kappa shape index (κ1) is 16.0. The van der Waals surface area contributed by atoms with E-state index in [2.05, 4.69) is 0 Å². The van der Waals surface area contributed by atoms with Crippen molar-refractivity contribution in [2.75, 3.05) is 4.90 Å².